The highest BCUT2D eigenvalue weighted by molar-refractivity contribution is 6.22. The van der Waals surface area contributed by atoms with Crippen molar-refractivity contribution in [3.8, 4) is 28.4 Å². The Labute approximate surface area is 198 Å². The second kappa shape index (κ2) is 11.6. The van der Waals surface area contributed by atoms with Gasteiger partial charge < -0.3 is 24.3 Å². The molecule has 0 atom stereocenters. The Morgan fingerprint density at radius 2 is 1.41 bits per heavy atom. The van der Waals surface area contributed by atoms with Crippen molar-refractivity contribution < 1.29 is 28.5 Å². The third kappa shape index (κ3) is 5.75. The molecule has 0 unspecified atom stereocenters. The number of amides is 1. The first-order chi connectivity index (χ1) is 16.5. The van der Waals surface area contributed by atoms with Crippen LogP contribution in [0.2, 0.25) is 0 Å². The Balaban J connectivity index is 2.05. The number of hydrogen-bond acceptors (Lipinski definition) is 6. The molecule has 34 heavy (non-hydrogen) atoms. The normalized spacial score (nSPS) is 10.9. The molecule has 7 heteroatoms. The number of hydrogen-bond donors (Lipinski definition) is 1. The minimum atomic E-state index is -0.634. The number of ether oxygens (including phenoxy) is 4. The van der Waals surface area contributed by atoms with E-state index in [0.717, 1.165) is 11.1 Å². The van der Waals surface area contributed by atoms with Gasteiger partial charge in [-0.05, 0) is 40.5 Å². The summed E-state index contributed by atoms with van der Waals surface area (Å²) in [5.74, 6) is 0.305. The summed E-state index contributed by atoms with van der Waals surface area (Å²) in [6.45, 7) is -0.385. The maximum atomic E-state index is 13.0. The summed E-state index contributed by atoms with van der Waals surface area (Å²) < 4.78 is 21.5. The van der Waals surface area contributed by atoms with Gasteiger partial charge in [0, 0.05) is 7.05 Å². The SMILES string of the molecule is CNC(=O)COC(=O)/C(=C/c1cc(OC)c(OC)c(OC)c1)c1ccc(-c2ccccc2)cc1. The lowest BCUT2D eigenvalue weighted by molar-refractivity contribution is -0.142. The number of rotatable bonds is 9. The van der Waals surface area contributed by atoms with Gasteiger partial charge in [-0.2, -0.15) is 0 Å². The Morgan fingerprint density at radius 1 is 0.824 bits per heavy atom. The summed E-state index contributed by atoms with van der Waals surface area (Å²) in [6.07, 6.45) is 1.66. The molecule has 0 heterocycles. The maximum Gasteiger partial charge on any atom is 0.339 e. The van der Waals surface area contributed by atoms with Crippen molar-refractivity contribution in [1.29, 1.82) is 0 Å². The zero-order valence-electron chi connectivity index (χ0n) is 19.6. The molecule has 0 spiro atoms. The van der Waals surface area contributed by atoms with Crippen LogP contribution in [-0.4, -0.2) is 46.9 Å². The van der Waals surface area contributed by atoms with Gasteiger partial charge >= 0.3 is 5.97 Å². The Kier molecular flexibility index (Phi) is 8.29. The second-order valence-corrected chi connectivity index (χ2v) is 7.21. The van der Waals surface area contributed by atoms with Crippen molar-refractivity contribution in [3.63, 3.8) is 0 Å². The third-order valence-corrected chi connectivity index (χ3v) is 5.13. The van der Waals surface area contributed by atoms with Crippen molar-refractivity contribution in [2.45, 2.75) is 0 Å². The summed E-state index contributed by atoms with van der Waals surface area (Å²) in [4.78, 5) is 24.6. The van der Waals surface area contributed by atoms with E-state index in [1.54, 1.807) is 18.2 Å². The highest BCUT2D eigenvalue weighted by Crippen LogP contribution is 2.39. The predicted molar refractivity (Wildman–Crippen MR) is 131 cm³/mol. The van der Waals surface area contributed by atoms with Gasteiger partial charge in [0.25, 0.3) is 5.91 Å². The zero-order chi connectivity index (χ0) is 24.5. The van der Waals surface area contributed by atoms with E-state index in [2.05, 4.69) is 5.32 Å². The number of likely N-dealkylation sites (N-methyl/N-ethyl adjacent to an activating group) is 1. The Morgan fingerprint density at radius 3 is 1.94 bits per heavy atom. The van der Waals surface area contributed by atoms with Crippen LogP contribution >= 0.6 is 0 Å². The van der Waals surface area contributed by atoms with Crippen LogP contribution in [0.15, 0.2) is 66.7 Å². The first-order valence-corrected chi connectivity index (χ1v) is 10.6. The van der Waals surface area contributed by atoms with Crippen LogP contribution in [-0.2, 0) is 14.3 Å². The van der Waals surface area contributed by atoms with Gasteiger partial charge in [0.15, 0.2) is 18.1 Å². The van der Waals surface area contributed by atoms with Gasteiger partial charge in [0.05, 0.1) is 26.9 Å². The first kappa shape index (κ1) is 24.4. The van der Waals surface area contributed by atoms with Gasteiger partial charge in [-0.25, -0.2) is 4.79 Å². The van der Waals surface area contributed by atoms with Crippen LogP contribution in [0.25, 0.3) is 22.8 Å². The third-order valence-electron chi connectivity index (χ3n) is 5.13. The molecule has 0 aromatic heterocycles. The molecule has 0 bridgehead atoms. The standard InChI is InChI=1S/C27H27NO6/c1-28-25(29)17-34-27(30)22(14-18-15-23(31-2)26(33-4)24(16-18)32-3)21-12-10-20(11-13-21)19-8-6-5-7-9-19/h5-16H,17H2,1-4H3,(H,28,29)/b22-14+. The lowest BCUT2D eigenvalue weighted by Crippen LogP contribution is -2.25. The molecule has 7 nitrogen and oxygen atoms in total. The molecule has 0 saturated heterocycles. The van der Waals surface area contributed by atoms with Gasteiger partial charge in [-0.1, -0.05) is 54.6 Å². The number of carbonyl (C=O) groups is 2. The van der Waals surface area contributed by atoms with Crippen LogP contribution in [0.5, 0.6) is 17.2 Å². The molecule has 0 radical (unpaired) electrons. The minimum Gasteiger partial charge on any atom is -0.493 e. The van der Waals surface area contributed by atoms with Crippen LogP contribution in [0.3, 0.4) is 0 Å². The molecular weight excluding hydrogens is 434 g/mol. The van der Waals surface area contributed by atoms with E-state index in [9.17, 15) is 9.59 Å². The van der Waals surface area contributed by atoms with E-state index in [1.807, 2.05) is 54.6 Å². The fourth-order valence-corrected chi connectivity index (χ4v) is 3.37. The lowest BCUT2D eigenvalue weighted by atomic mass is 9.98. The highest BCUT2D eigenvalue weighted by Gasteiger charge is 2.18. The number of methoxy groups -OCH3 is 3. The van der Waals surface area contributed by atoms with Crippen LogP contribution in [0, 0.1) is 0 Å². The van der Waals surface area contributed by atoms with E-state index in [4.69, 9.17) is 18.9 Å². The monoisotopic (exact) mass is 461 g/mol. The summed E-state index contributed by atoms with van der Waals surface area (Å²) in [5, 5.41) is 2.43. The molecule has 0 saturated carbocycles. The minimum absolute atomic E-state index is 0.276. The van der Waals surface area contributed by atoms with E-state index < -0.39 is 11.9 Å². The van der Waals surface area contributed by atoms with E-state index in [0.29, 0.717) is 28.4 Å². The fourth-order valence-electron chi connectivity index (χ4n) is 3.37. The van der Waals surface area contributed by atoms with Gasteiger partial charge in [0.2, 0.25) is 5.75 Å². The molecule has 1 N–H and O–H groups in total. The summed E-state index contributed by atoms with van der Waals surface area (Å²) in [6, 6.07) is 20.9. The number of benzene rings is 3. The average Bonchev–Trinajstić information content (AvgIpc) is 2.90. The Bertz CT molecular complexity index is 1140. The second-order valence-electron chi connectivity index (χ2n) is 7.21. The molecule has 0 aliphatic heterocycles. The molecule has 3 aromatic rings. The van der Waals surface area contributed by atoms with Gasteiger partial charge in [0.1, 0.15) is 0 Å². The molecule has 0 aliphatic carbocycles. The van der Waals surface area contributed by atoms with E-state index >= 15 is 0 Å². The lowest BCUT2D eigenvalue weighted by Gasteiger charge is -2.14. The number of nitrogens with one attached hydrogen (secondary N) is 1. The van der Waals surface area contributed by atoms with Crippen molar-refractivity contribution in [2.24, 2.45) is 0 Å². The summed E-state index contributed by atoms with van der Waals surface area (Å²) in [7, 11) is 6.04. The molecule has 1 amide bonds. The Hall–Kier alpha value is -4.26. The smallest absolute Gasteiger partial charge is 0.339 e. The predicted octanol–water partition coefficient (Wildman–Crippen LogP) is 4.21. The molecule has 176 valence electrons. The first-order valence-electron chi connectivity index (χ1n) is 10.6. The van der Waals surface area contributed by atoms with Crippen molar-refractivity contribution in [1.82, 2.24) is 5.32 Å². The topological polar surface area (TPSA) is 83.1 Å². The number of carbonyl (C=O) groups excluding carboxylic acids is 2. The molecule has 0 aliphatic rings. The van der Waals surface area contributed by atoms with Crippen molar-refractivity contribution in [3.05, 3.63) is 77.9 Å². The fraction of sp³-hybridized carbons (Fsp3) is 0.185. The molecular formula is C27H27NO6. The summed E-state index contributed by atoms with van der Waals surface area (Å²) in [5.41, 5.74) is 3.61. The molecule has 3 aromatic carbocycles. The van der Waals surface area contributed by atoms with Crippen LogP contribution in [0.1, 0.15) is 11.1 Å². The van der Waals surface area contributed by atoms with E-state index in [1.165, 1.54) is 28.4 Å². The average molecular weight is 462 g/mol. The zero-order valence-corrected chi connectivity index (χ0v) is 19.6. The van der Waals surface area contributed by atoms with Crippen LogP contribution < -0.4 is 19.5 Å². The van der Waals surface area contributed by atoms with Gasteiger partial charge in [-0.3, -0.25) is 4.79 Å². The van der Waals surface area contributed by atoms with Crippen molar-refractivity contribution >= 4 is 23.5 Å². The van der Waals surface area contributed by atoms with Crippen LogP contribution in [0.4, 0.5) is 0 Å². The number of esters is 1. The summed E-state index contributed by atoms with van der Waals surface area (Å²) >= 11 is 0. The van der Waals surface area contributed by atoms with Crippen molar-refractivity contribution in [2.75, 3.05) is 35.0 Å². The maximum absolute atomic E-state index is 13.0. The molecule has 3 rings (SSSR count). The quantitative estimate of drug-likeness (QED) is 0.292. The molecule has 0 fully saturated rings. The largest absolute Gasteiger partial charge is 0.493 e. The highest BCUT2D eigenvalue weighted by atomic mass is 16.5. The van der Waals surface area contributed by atoms with Gasteiger partial charge in [-0.15, -0.1) is 0 Å². The van der Waals surface area contributed by atoms with E-state index in [-0.39, 0.29) is 12.2 Å².